The van der Waals surface area contributed by atoms with E-state index in [1.54, 1.807) is 7.11 Å². The number of rotatable bonds is 9. The molecular formula is C16H24BrNO2. The average molecular weight is 342 g/mol. The van der Waals surface area contributed by atoms with Gasteiger partial charge in [0.25, 0.3) is 0 Å². The van der Waals surface area contributed by atoms with E-state index in [9.17, 15) is 0 Å². The molecule has 1 aromatic rings. The third kappa shape index (κ3) is 5.08. The van der Waals surface area contributed by atoms with Gasteiger partial charge in [-0.3, -0.25) is 0 Å². The van der Waals surface area contributed by atoms with Gasteiger partial charge in [0.05, 0.1) is 6.61 Å². The lowest BCUT2D eigenvalue weighted by Gasteiger charge is -2.15. The van der Waals surface area contributed by atoms with Gasteiger partial charge in [-0.2, -0.15) is 0 Å². The molecule has 2 rings (SSSR count). The molecule has 0 radical (unpaired) electrons. The second kappa shape index (κ2) is 8.01. The van der Waals surface area contributed by atoms with Gasteiger partial charge >= 0.3 is 0 Å². The van der Waals surface area contributed by atoms with Crippen LogP contribution in [0.1, 0.15) is 36.8 Å². The molecule has 0 saturated heterocycles. The molecule has 20 heavy (non-hydrogen) atoms. The molecule has 1 aromatic carbocycles. The number of nitrogens with one attached hydrogen (secondary N) is 1. The van der Waals surface area contributed by atoms with Crippen molar-refractivity contribution in [1.82, 2.24) is 5.32 Å². The van der Waals surface area contributed by atoms with E-state index < -0.39 is 0 Å². The highest BCUT2D eigenvalue weighted by molar-refractivity contribution is 9.10. The van der Waals surface area contributed by atoms with Gasteiger partial charge in [0, 0.05) is 36.3 Å². The zero-order valence-corrected chi connectivity index (χ0v) is 14.0. The number of ether oxygens (including phenoxy) is 2. The van der Waals surface area contributed by atoms with Crippen LogP contribution in [0.15, 0.2) is 16.6 Å². The predicted molar refractivity (Wildman–Crippen MR) is 85.3 cm³/mol. The van der Waals surface area contributed by atoms with Gasteiger partial charge in [-0.25, -0.2) is 0 Å². The number of hydrogen-bond donors (Lipinski definition) is 1. The molecule has 0 aliphatic heterocycles. The smallest absolute Gasteiger partial charge is 0.126 e. The molecule has 0 heterocycles. The SMILES string of the molecule is COCCCCOc1c(C)cc(Br)cc1CNC1CC1. The summed E-state index contributed by atoms with van der Waals surface area (Å²) in [7, 11) is 1.74. The molecule has 0 bridgehead atoms. The average Bonchev–Trinajstić information content (AvgIpc) is 3.22. The number of hydrogen-bond acceptors (Lipinski definition) is 3. The largest absolute Gasteiger partial charge is 0.493 e. The van der Waals surface area contributed by atoms with Crippen molar-refractivity contribution in [2.45, 2.75) is 45.2 Å². The molecule has 0 amide bonds. The van der Waals surface area contributed by atoms with Crippen LogP contribution in [-0.2, 0) is 11.3 Å². The molecule has 1 N–H and O–H groups in total. The first-order valence-electron chi connectivity index (χ1n) is 7.35. The minimum absolute atomic E-state index is 0.712. The lowest BCUT2D eigenvalue weighted by molar-refractivity contribution is 0.184. The summed E-state index contributed by atoms with van der Waals surface area (Å²) in [5.74, 6) is 1.04. The van der Waals surface area contributed by atoms with E-state index >= 15 is 0 Å². The van der Waals surface area contributed by atoms with E-state index in [4.69, 9.17) is 9.47 Å². The zero-order chi connectivity index (χ0) is 14.4. The zero-order valence-electron chi connectivity index (χ0n) is 12.4. The van der Waals surface area contributed by atoms with Crippen LogP contribution in [0.3, 0.4) is 0 Å². The molecule has 3 nitrogen and oxygen atoms in total. The number of aryl methyl sites for hydroxylation is 1. The molecule has 1 saturated carbocycles. The summed E-state index contributed by atoms with van der Waals surface area (Å²) in [5, 5.41) is 3.56. The van der Waals surface area contributed by atoms with E-state index in [1.165, 1.54) is 24.0 Å². The second-order valence-electron chi connectivity index (χ2n) is 5.41. The lowest BCUT2D eigenvalue weighted by Crippen LogP contribution is -2.16. The van der Waals surface area contributed by atoms with Gasteiger partial charge in [0.2, 0.25) is 0 Å². The molecule has 4 heteroatoms. The summed E-state index contributed by atoms with van der Waals surface area (Å²) in [5.41, 5.74) is 2.44. The fourth-order valence-corrected chi connectivity index (χ4v) is 2.82. The van der Waals surface area contributed by atoms with Crippen molar-refractivity contribution in [3.8, 4) is 5.75 Å². The van der Waals surface area contributed by atoms with Crippen molar-refractivity contribution in [3.05, 3.63) is 27.7 Å². The Labute approximate surface area is 130 Å². The highest BCUT2D eigenvalue weighted by atomic mass is 79.9. The number of unbranched alkanes of at least 4 members (excludes halogenated alkanes) is 1. The Morgan fingerprint density at radius 1 is 1.25 bits per heavy atom. The van der Waals surface area contributed by atoms with Gasteiger partial charge < -0.3 is 14.8 Å². The maximum absolute atomic E-state index is 6.01. The highest BCUT2D eigenvalue weighted by Crippen LogP contribution is 2.29. The van der Waals surface area contributed by atoms with Gasteiger partial charge in [-0.1, -0.05) is 15.9 Å². The second-order valence-corrected chi connectivity index (χ2v) is 6.33. The standard InChI is InChI=1S/C16H24BrNO2/c1-12-9-14(17)10-13(11-18-15-5-6-15)16(12)20-8-4-3-7-19-2/h9-10,15,18H,3-8,11H2,1-2H3. The molecule has 1 aliphatic carbocycles. The number of halogens is 1. The predicted octanol–water partition coefficient (Wildman–Crippen LogP) is 3.81. The van der Waals surface area contributed by atoms with Crippen LogP contribution >= 0.6 is 15.9 Å². The third-order valence-corrected chi connectivity index (χ3v) is 3.92. The summed E-state index contributed by atoms with van der Waals surface area (Å²) in [6, 6.07) is 4.99. The molecule has 0 unspecified atom stereocenters. The highest BCUT2D eigenvalue weighted by Gasteiger charge is 2.21. The minimum Gasteiger partial charge on any atom is -0.493 e. The Bertz CT molecular complexity index is 433. The number of benzene rings is 1. The van der Waals surface area contributed by atoms with Crippen molar-refractivity contribution in [3.63, 3.8) is 0 Å². The van der Waals surface area contributed by atoms with E-state index in [2.05, 4.69) is 40.3 Å². The first kappa shape index (κ1) is 15.8. The Morgan fingerprint density at radius 3 is 2.70 bits per heavy atom. The van der Waals surface area contributed by atoms with Crippen molar-refractivity contribution < 1.29 is 9.47 Å². The number of methoxy groups -OCH3 is 1. The van der Waals surface area contributed by atoms with Crippen LogP contribution < -0.4 is 10.1 Å². The fraction of sp³-hybridized carbons (Fsp3) is 0.625. The third-order valence-electron chi connectivity index (χ3n) is 3.46. The Balaban J connectivity index is 1.92. The van der Waals surface area contributed by atoms with Crippen molar-refractivity contribution >= 4 is 15.9 Å². The van der Waals surface area contributed by atoms with Crippen LogP contribution in [-0.4, -0.2) is 26.4 Å². The van der Waals surface area contributed by atoms with E-state index in [-0.39, 0.29) is 0 Å². The van der Waals surface area contributed by atoms with Gasteiger partial charge in [0.15, 0.2) is 0 Å². The molecule has 1 aliphatic rings. The van der Waals surface area contributed by atoms with Crippen LogP contribution in [0.4, 0.5) is 0 Å². The Kier molecular flexibility index (Phi) is 6.33. The molecule has 0 atom stereocenters. The summed E-state index contributed by atoms with van der Waals surface area (Å²) < 4.78 is 12.2. The molecular weight excluding hydrogens is 318 g/mol. The summed E-state index contributed by atoms with van der Waals surface area (Å²) >= 11 is 3.57. The minimum atomic E-state index is 0.712. The van der Waals surface area contributed by atoms with E-state index in [1.807, 2.05) is 0 Å². The van der Waals surface area contributed by atoms with E-state index in [0.717, 1.165) is 42.8 Å². The Morgan fingerprint density at radius 2 is 2.00 bits per heavy atom. The normalized spacial score (nSPS) is 14.6. The monoisotopic (exact) mass is 341 g/mol. The van der Waals surface area contributed by atoms with Gasteiger partial charge in [0.1, 0.15) is 5.75 Å². The topological polar surface area (TPSA) is 30.5 Å². The summed E-state index contributed by atoms with van der Waals surface area (Å²) in [4.78, 5) is 0. The first-order chi connectivity index (χ1) is 9.70. The summed E-state index contributed by atoms with van der Waals surface area (Å²) in [6.45, 7) is 4.55. The summed E-state index contributed by atoms with van der Waals surface area (Å²) in [6.07, 6.45) is 4.68. The van der Waals surface area contributed by atoms with Gasteiger partial charge in [-0.15, -0.1) is 0 Å². The van der Waals surface area contributed by atoms with Crippen molar-refractivity contribution in [2.75, 3.05) is 20.3 Å². The van der Waals surface area contributed by atoms with Gasteiger partial charge in [-0.05, 0) is 50.3 Å². The maximum atomic E-state index is 6.01. The molecule has 0 aromatic heterocycles. The van der Waals surface area contributed by atoms with E-state index in [0.29, 0.717) is 6.04 Å². The fourth-order valence-electron chi connectivity index (χ4n) is 2.20. The van der Waals surface area contributed by atoms with Crippen molar-refractivity contribution in [2.24, 2.45) is 0 Å². The lowest BCUT2D eigenvalue weighted by atomic mass is 10.1. The maximum Gasteiger partial charge on any atom is 0.126 e. The van der Waals surface area contributed by atoms with Crippen LogP contribution in [0, 0.1) is 6.92 Å². The molecule has 112 valence electrons. The van der Waals surface area contributed by atoms with Crippen LogP contribution in [0.2, 0.25) is 0 Å². The van der Waals surface area contributed by atoms with Crippen molar-refractivity contribution in [1.29, 1.82) is 0 Å². The molecule has 1 fully saturated rings. The Hall–Kier alpha value is -0.580. The molecule has 0 spiro atoms. The van der Waals surface area contributed by atoms with Crippen LogP contribution in [0.5, 0.6) is 5.75 Å². The quantitative estimate of drug-likeness (QED) is 0.692. The first-order valence-corrected chi connectivity index (χ1v) is 8.14. The van der Waals surface area contributed by atoms with Crippen LogP contribution in [0.25, 0.3) is 0 Å².